The number of nitrogens with zero attached hydrogens (tertiary/aromatic N) is 1. The number of nitrogens with one attached hydrogen (secondary N) is 2. The molecular formula is C19H29N3O5. The van der Waals surface area contributed by atoms with Crippen LogP contribution >= 0.6 is 0 Å². The highest BCUT2D eigenvalue weighted by Gasteiger charge is 2.29. The molecule has 1 aromatic carbocycles. The van der Waals surface area contributed by atoms with Crippen molar-refractivity contribution in [2.24, 2.45) is 0 Å². The number of methoxy groups -OCH3 is 1. The zero-order valence-electron chi connectivity index (χ0n) is 16.6. The summed E-state index contributed by atoms with van der Waals surface area (Å²) in [6.45, 7) is 5.23. The van der Waals surface area contributed by atoms with Crippen molar-refractivity contribution in [2.45, 2.75) is 39.0 Å². The van der Waals surface area contributed by atoms with Crippen LogP contribution in [-0.2, 0) is 25.6 Å². The van der Waals surface area contributed by atoms with Crippen LogP contribution in [-0.4, -0.2) is 61.8 Å². The Kier molecular flexibility index (Phi) is 8.74. The predicted octanol–water partition coefficient (Wildman–Crippen LogP) is 1.30. The second kappa shape index (κ2) is 10.5. The van der Waals surface area contributed by atoms with Crippen molar-refractivity contribution < 1.29 is 23.9 Å². The minimum atomic E-state index is -0.974. The first kappa shape index (κ1) is 22.4. The van der Waals surface area contributed by atoms with Crippen molar-refractivity contribution >= 4 is 17.9 Å². The molecular weight excluding hydrogens is 350 g/mol. The van der Waals surface area contributed by atoms with Crippen LogP contribution in [0.25, 0.3) is 0 Å². The van der Waals surface area contributed by atoms with E-state index in [1.807, 2.05) is 30.3 Å². The Morgan fingerprint density at radius 3 is 2.30 bits per heavy atom. The second-order valence-corrected chi connectivity index (χ2v) is 7.01. The fourth-order valence-electron chi connectivity index (χ4n) is 2.28. The van der Waals surface area contributed by atoms with E-state index in [-0.39, 0.29) is 25.6 Å². The standard InChI is InChI=1S/C19H29N3O5/c1-19(2,3)27-18(25)21-15(13-26-5)17(24)22(12-16(23)20-4)11-14-9-7-6-8-10-14/h6-10,15H,11-13H2,1-5H3,(H,20,23)(H,21,25). The van der Waals surface area contributed by atoms with Crippen LogP contribution in [0.4, 0.5) is 4.79 Å². The lowest BCUT2D eigenvalue weighted by atomic mass is 10.2. The van der Waals surface area contributed by atoms with E-state index < -0.39 is 23.6 Å². The molecule has 1 unspecified atom stereocenters. The highest BCUT2D eigenvalue weighted by atomic mass is 16.6. The third kappa shape index (κ3) is 8.54. The molecule has 0 saturated heterocycles. The third-order valence-corrected chi connectivity index (χ3v) is 3.46. The Bertz CT molecular complexity index is 628. The fourth-order valence-corrected chi connectivity index (χ4v) is 2.28. The van der Waals surface area contributed by atoms with Gasteiger partial charge in [0.25, 0.3) is 0 Å². The maximum absolute atomic E-state index is 13.0. The molecule has 2 N–H and O–H groups in total. The molecule has 1 atom stereocenters. The molecule has 150 valence electrons. The van der Waals surface area contributed by atoms with Gasteiger partial charge in [0.05, 0.1) is 13.2 Å². The maximum atomic E-state index is 13.0. The number of benzene rings is 1. The van der Waals surface area contributed by atoms with Crippen LogP contribution in [0.3, 0.4) is 0 Å². The molecule has 0 bridgehead atoms. The summed E-state index contributed by atoms with van der Waals surface area (Å²) in [5.74, 6) is -0.747. The molecule has 1 rings (SSSR count). The summed E-state index contributed by atoms with van der Waals surface area (Å²) in [5.41, 5.74) is 0.166. The molecule has 0 fully saturated rings. The summed E-state index contributed by atoms with van der Waals surface area (Å²) in [5, 5.41) is 5.03. The number of carbonyl (C=O) groups excluding carboxylic acids is 3. The lowest BCUT2D eigenvalue weighted by Crippen LogP contribution is -2.53. The Balaban J connectivity index is 2.95. The van der Waals surface area contributed by atoms with Crippen LogP contribution < -0.4 is 10.6 Å². The number of amides is 3. The highest BCUT2D eigenvalue weighted by molar-refractivity contribution is 5.89. The van der Waals surface area contributed by atoms with Crippen molar-refractivity contribution in [1.29, 1.82) is 0 Å². The molecule has 0 aliphatic heterocycles. The molecule has 0 aliphatic carbocycles. The molecule has 8 nitrogen and oxygen atoms in total. The van der Waals surface area contributed by atoms with E-state index in [2.05, 4.69) is 10.6 Å². The first-order valence-corrected chi connectivity index (χ1v) is 8.68. The molecule has 8 heteroatoms. The lowest BCUT2D eigenvalue weighted by molar-refractivity contribution is -0.139. The van der Waals surface area contributed by atoms with Crippen LogP contribution in [0, 0.1) is 0 Å². The Hall–Kier alpha value is -2.61. The minimum absolute atomic E-state index is 0.0445. The van der Waals surface area contributed by atoms with Crippen LogP contribution in [0.5, 0.6) is 0 Å². The van der Waals surface area contributed by atoms with Gasteiger partial charge < -0.3 is 25.0 Å². The Morgan fingerprint density at radius 1 is 1.15 bits per heavy atom. The van der Waals surface area contributed by atoms with Gasteiger partial charge in [-0.15, -0.1) is 0 Å². The van der Waals surface area contributed by atoms with E-state index in [1.165, 1.54) is 19.1 Å². The minimum Gasteiger partial charge on any atom is -0.444 e. The number of hydrogen-bond acceptors (Lipinski definition) is 5. The average Bonchev–Trinajstić information content (AvgIpc) is 2.59. The molecule has 0 aliphatic rings. The van der Waals surface area contributed by atoms with Gasteiger partial charge in [-0.3, -0.25) is 9.59 Å². The van der Waals surface area contributed by atoms with E-state index in [9.17, 15) is 14.4 Å². The molecule has 0 radical (unpaired) electrons. The molecule has 27 heavy (non-hydrogen) atoms. The first-order chi connectivity index (χ1) is 12.7. The normalized spacial score (nSPS) is 12.0. The number of ether oxygens (including phenoxy) is 2. The molecule has 0 saturated carbocycles. The molecule has 0 aromatic heterocycles. The van der Waals surface area contributed by atoms with Gasteiger partial charge in [-0.1, -0.05) is 30.3 Å². The molecule has 0 spiro atoms. The molecule has 1 aromatic rings. The van der Waals surface area contributed by atoms with Gasteiger partial charge in [0.15, 0.2) is 0 Å². The number of alkyl carbamates (subject to hydrolysis) is 1. The molecule has 3 amide bonds. The van der Waals surface area contributed by atoms with E-state index in [1.54, 1.807) is 20.8 Å². The van der Waals surface area contributed by atoms with Crippen molar-refractivity contribution in [3.05, 3.63) is 35.9 Å². The van der Waals surface area contributed by atoms with E-state index >= 15 is 0 Å². The van der Waals surface area contributed by atoms with Crippen LogP contribution in [0.15, 0.2) is 30.3 Å². The second-order valence-electron chi connectivity index (χ2n) is 7.01. The highest BCUT2D eigenvalue weighted by Crippen LogP contribution is 2.09. The summed E-state index contributed by atoms with van der Waals surface area (Å²) in [7, 11) is 2.93. The van der Waals surface area contributed by atoms with Crippen molar-refractivity contribution in [3.8, 4) is 0 Å². The Morgan fingerprint density at radius 2 is 1.78 bits per heavy atom. The summed E-state index contributed by atoms with van der Waals surface area (Å²) >= 11 is 0. The smallest absolute Gasteiger partial charge is 0.408 e. The van der Waals surface area contributed by atoms with Gasteiger partial charge in [-0.05, 0) is 26.3 Å². The van der Waals surface area contributed by atoms with Crippen LogP contribution in [0.1, 0.15) is 26.3 Å². The SMILES string of the molecule is CNC(=O)CN(Cc1ccccc1)C(=O)C(COC)NC(=O)OC(C)(C)C. The maximum Gasteiger partial charge on any atom is 0.408 e. The van der Waals surface area contributed by atoms with Crippen molar-refractivity contribution in [2.75, 3.05) is 27.3 Å². The van der Waals surface area contributed by atoms with Crippen molar-refractivity contribution in [3.63, 3.8) is 0 Å². The number of likely N-dealkylation sites (N-methyl/N-ethyl adjacent to an activating group) is 1. The predicted molar refractivity (Wildman–Crippen MR) is 101 cm³/mol. The van der Waals surface area contributed by atoms with Gasteiger partial charge in [0.1, 0.15) is 11.6 Å². The third-order valence-electron chi connectivity index (χ3n) is 3.46. The number of carbonyl (C=O) groups is 3. The van der Waals surface area contributed by atoms with Gasteiger partial charge in [0.2, 0.25) is 11.8 Å². The zero-order valence-corrected chi connectivity index (χ0v) is 16.6. The Labute approximate surface area is 160 Å². The van der Waals surface area contributed by atoms with Crippen molar-refractivity contribution in [1.82, 2.24) is 15.5 Å². The number of hydrogen-bond donors (Lipinski definition) is 2. The van der Waals surface area contributed by atoms with Gasteiger partial charge in [-0.25, -0.2) is 4.79 Å². The van der Waals surface area contributed by atoms with Gasteiger partial charge in [0, 0.05) is 20.7 Å². The summed E-state index contributed by atoms with van der Waals surface area (Å²) < 4.78 is 10.3. The first-order valence-electron chi connectivity index (χ1n) is 8.68. The van der Waals surface area contributed by atoms with E-state index in [0.29, 0.717) is 0 Å². The quantitative estimate of drug-likeness (QED) is 0.710. The zero-order chi connectivity index (χ0) is 20.4. The lowest BCUT2D eigenvalue weighted by Gasteiger charge is -2.28. The monoisotopic (exact) mass is 379 g/mol. The molecule has 0 heterocycles. The summed E-state index contributed by atoms with van der Waals surface area (Å²) in [6.07, 6.45) is -0.725. The summed E-state index contributed by atoms with van der Waals surface area (Å²) in [4.78, 5) is 38.3. The summed E-state index contributed by atoms with van der Waals surface area (Å²) in [6, 6.07) is 8.31. The topological polar surface area (TPSA) is 97.0 Å². The number of rotatable bonds is 8. The van der Waals surface area contributed by atoms with Gasteiger partial charge >= 0.3 is 6.09 Å². The average molecular weight is 379 g/mol. The van der Waals surface area contributed by atoms with E-state index in [4.69, 9.17) is 9.47 Å². The fraction of sp³-hybridized carbons (Fsp3) is 0.526. The van der Waals surface area contributed by atoms with E-state index in [0.717, 1.165) is 5.56 Å². The van der Waals surface area contributed by atoms with Crippen LogP contribution in [0.2, 0.25) is 0 Å². The largest absolute Gasteiger partial charge is 0.444 e. The van der Waals surface area contributed by atoms with Gasteiger partial charge in [-0.2, -0.15) is 0 Å².